The zero-order chi connectivity index (χ0) is 12.8. The first-order chi connectivity index (χ1) is 8.77. The van der Waals surface area contributed by atoms with Gasteiger partial charge in [-0.1, -0.05) is 72.9 Å². The molecule has 1 N–H and O–H groups in total. The molecule has 2 rings (SSSR count). The van der Waals surface area contributed by atoms with E-state index in [-0.39, 0.29) is 5.92 Å². The van der Waals surface area contributed by atoms with E-state index in [2.05, 4.69) is 66.5 Å². The highest BCUT2D eigenvalue weighted by atomic mass is 32.1. The predicted molar refractivity (Wildman–Crippen MR) is 84.3 cm³/mol. The van der Waals surface area contributed by atoms with Crippen LogP contribution in [0.5, 0.6) is 0 Å². The molecule has 0 aliphatic carbocycles. The molecule has 2 aromatic carbocycles. The zero-order valence-electron chi connectivity index (χ0n) is 9.91. The number of benzene rings is 2. The van der Waals surface area contributed by atoms with Crippen molar-refractivity contribution < 1.29 is 0 Å². The molecule has 0 aliphatic rings. The van der Waals surface area contributed by atoms with Crippen molar-refractivity contribution in [2.75, 3.05) is 6.54 Å². The quantitative estimate of drug-likeness (QED) is 0.652. The van der Waals surface area contributed by atoms with E-state index in [0.29, 0.717) is 4.32 Å². The molecule has 0 radical (unpaired) electrons. The van der Waals surface area contributed by atoms with E-state index in [0.717, 1.165) is 6.54 Å². The van der Waals surface area contributed by atoms with Gasteiger partial charge in [-0.15, -0.1) is 12.6 Å². The highest BCUT2D eigenvalue weighted by molar-refractivity contribution is 8.11. The Morgan fingerprint density at radius 1 is 0.944 bits per heavy atom. The maximum absolute atomic E-state index is 4.97. The molecule has 0 atom stereocenters. The first-order valence-electron chi connectivity index (χ1n) is 5.84. The van der Waals surface area contributed by atoms with Crippen LogP contribution in [0.15, 0.2) is 60.7 Å². The van der Waals surface area contributed by atoms with Gasteiger partial charge >= 0.3 is 0 Å². The second kappa shape index (κ2) is 6.57. The van der Waals surface area contributed by atoms with Crippen molar-refractivity contribution in [3.05, 3.63) is 71.8 Å². The lowest BCUT2D eigenvalue weighted by Gasteiger charge is -2.18. The van der Waals surface area contributed by atoms with E-state index < -0.39 is 0 Å². The lowest BCUT2D eigenvalue weighted by molar-refractivity contribution is 0.766. The largest absolute Gasteiger partial charge is 0.370 e. The third kappa shape index (κ3) is 3.59. The second-order valence-corrected chi connectivity index (χ2v) is 5.22. The fourth-order valence-electron chi connectivity index (χ4n) is 1.99. The summed E-state index contributed by atoms with van der Waals surface area (Å²) in [7, 11) is 0. The maximum Gasteiger partial charge on any atom is 0.130 e. The molecular weight excluding hydrogens is 258 g/mol. The Hall–Kier alpha value is -1.32. The molecule has 0 spiro atoms. The summed E-state index contributed by atoms with van der Waals surface area (Å²) in [6, 6.07) is 20.9. The molecule has 2 aromatic rings. The highest BCUT2D eigenvalue weighted by Crippen LogP contribution is 2.23. The Kier molecular flexibility index (Phi) is 4.79. The minimum atomic E-state index is 0.289. The van der Waals surface area contributed by atoms with Crippen molar-refractivity contribution in [3.63, 3.8) is 0 Å². The molecule has 0 saturated carbocycles. The fraction of sp³-hybridized carbons (Fsp3) is 0.133. The molecule has 0 fully saturated rings. The number of thiocarbonyl (C=S) groups is 1. The number of nitrogens with one attached hydrogen (secondary N) is 1. The molecule has 92 valence electrons. The van der Waals surface area contributed by atoms with Gasteiger partial charge in [0.05, 0.1) is 0 Å². The van der Waals surface area contributed by atoms with Crippen LogP contribution in [-0.2, 0) is 0 Å². The van der Waals surface area contributed by atoms with Crippen LogP contribution in [0.4, 0.5) is 0 Å². The summed E-state index contributed by atoms with van der Waals surface area (Å²) >= 11 is 9.08. The lowest BCUT2D eigenvalue weighted by Crippen LogP contribution is -2.24. The summed E-state index contributed by atoms with van der Waals surface area (Å²) in [4.78, 5) is 0. The summed E-state index contributed by atoms with van der Waals surface area (Å²) in [5, 5.41) is 3.14. The van der Waals surface area contributed by atoms with Crippen LogP contribution >= 0.6 is 24.8 Å². The number of thiol groups is 1. The predicted octanol–water partition coefficient (Wildman–Crippen LogP) is 3.62. The second-order valence-electron chi connectivity index (χ2n) is 4.06. The first kappa shape index (κ1) is 13.1. The van der Waals surface area contributed by atoms with Gasteiger partial charge in [0.15, 0.2) is 0 Å². The summed E-state index contributed by atoms with van der Waals surface area (Å²) in [6.07, 6.45) is 0. The van der Waals surface area contributed by atoms with E-state index in [1.165, 1.54) is 11.1 Å². The van der Waals surface area contributed by atoms with Crippen molar-refractivity contribution in [1.29, 1.82) is 0 Å². The maximum atomic E-state index is 4.97. The van der Waals surface area contributed by atoms with E-state index in [4.69, 9.17) is 12.2 Å². The van der Waals surface area contributed by atoms with Gasteiger partial charge in [-0.25, -0.2) is 0 Å². The smallest absolute Gasteiger partial charge is 0.130 e. The van der Waals surface area contributed by atoms with Crippen LogP contribution < -0.4 is 5.32 Å². The van der Waals surface area contributed by atoms with E-state index in [9.17, 15) is 0 Å². The molecular formula is C15H15NS2. The van der Waals surface area contributed by atoms with Crippen LogP contribution in [0.3, 0.4) is 0 Å². The topological polar surface area (TPSA) is 12.0 Å². The van der Waals surface area contributed by atoms with Gasteiger partial charge in [-0.2, -0.15) is 0 Å². The van der Waals surface area contributed by atoms with Crippen molar-refractivity contribution in [2.45, 2.75) is 5.92 Å². The minimum absolute atomic E-state index is 0.289. The van der Waals surface area contributed by atoms with Crippen molar-refractivity contribution in [3.8, 4) is 0 Å². The molecule has 0 bridgehead atoms. The van der Waals surface area contributed by atoms with Gasteiger partial charge in [0.2, 0.25) is 0 Å². The van der Waals surface area contributed by atoms with Crippen molar-refractivity contribution in [1.82, 2.24) is 5.32 Å². The number of rotatable bonds is 4. The number of hydrogen-bond acceptors (Lipinski definition) is 1. The van der Waals surface area contributed by atoms with E-state index >= 15 is 0 Å². The molecule has 0 aromatic heterocycles. The molecule has 0 unspecified atom stereocenters. The molecule has 1 nitrogen and oxygen atoms in total. The van der Waals surface area contributed by atoms with Crippen LogP contribution in [-0.4, -0.2) is 10.9 Å². The van der Waals surface area contributed by atoms with Crippen LogP contribution in [0.2, 0.25) is 0 Å². The average molecular weight is 273 g/mol. The normalized spacial score (nSPS) is 10.3. The van der Waals surface area contributed by atoms with Crippen molar-refractivity contribution in [2.24, 2.45) is 0 Å². The monoisotopic (exact) mass is 273 g/mol. The van der Waals surface area contributed by atoms with E-state index in [1.54, 1.807) is 0 Å². The Morgan fingerprint density at radius 2 is 1.39 bits per heavy atom. The summed E-state index contributed by atoms with van der Waals surface area (Å²) in [6.45, 7) is 0.760. The average Bonchev–Trinajstić information content (AvgIpc) is 2.41. The van der Waals surface area contributed by atoms with Crippen LogP contribution in [0, 0.1) is 0 Å². The zero-order valence-corrected chi connectivity index (χ0v) is 11.6. The third-order valence-corrected chi connectivity index (χ3v) is 3.16. The Morgan fingerprint density at radius 3 is 1.78 bits per heavy atom. The minimum Gasteiger partial charge on any atom is -0.370 e. The lowest BCUT2D eigenvalue weighted by atomic mass is 9.91. The van der Waals surface area contributed by atoms with Gasteiger partial charge in [-0.3, -0.25) is 0 Å². The van der Waals surface area contributed by atoms with Gasteiger partial charge in [0.1, 0.15) is 4.32 Å². The molecule has 0 saturated heterocycles. The van der Waals surface area contributed by atoms with Gasteiger partial charge in [0, 0.05) is 12.5 Å². The Labute approximate surface area is 119 Å². The SMILES string of the molecule is S=C(S)NCC(c1ccccc1)c1ccccc1. The van der Waals surface area contributed by atoms with Gasteiger partial charge < -0.3 is 5.32 Å². The van der Waals surface area contributed by atoms with Crippen molar-refractivity contribution >= 4 is 29.2 Å². The van der Waals surface area contributed by atoms with Crippen LogP contribution in [0.25, 0.3) is 0 Å². The van der Waals surface area contributed by atoms with E-state index in [1.807, 2.05) is 12.1 Å². The van der Waals surface area contributed by atoms with Gasteiger partial charge in [0.25, 0.3) is 0 Å². The first-order valence-corrected chi connectivity index (χ1v) is 6.69. The molecule has 3 heteroatoms. The standard InChI is InChI=1S/C15H15NS2/c17-15(18)16-11-14(12-7-3-1-4-8-12)13-9-5-2-6-10-13/h1-10,14H,11H2,(H2,16,17,18). The molecule has 0 aliphatic heterocycles. The fourth-order valence-corrected chi connectivity index (χ4v) is 2.16. The summed E-state index contributed by atoms with van der Waals surface area (Å²) in [5.74, 6) is 0.289. The number of hydrogen-bond donors (Lipinski definition) is 2. The summed E-state index contributed by atoms with van der Waals surface area (Å²) in [5.41, 5.74) is 2.56. The molecule has 0 heterocycles. The Balaban J connectivity index is 2.26. The molecule has 0 amide bonds. The third-order valence-electron chi connectivity index (χ3n) is 2.86. The van der Waals surface area contributed by atoms with Crippen LogP contribution in [0.1, 0.15) is 17.0 Å². The summed E-state index contributed by atoms with van der Waals surface area (Å²) < 4.78 is 0.534. The highest BCUT2D eigenvalue weighted by Gasteiger charge is 2.13. The molecule has 18 heavy (non-hydrogen) atoms. The van der Waals surface area contributed by atoms with Gasteiger partial charge in [-0.05, 0) is 11.1 Å². The Bertz CT molecular complexity index is 457.